The molecule has 0 fully saturated rings. The van der Waals surface area contributed by atoms with Gasteiger partial charge in [-0.1, -0.05) is 0 Å². The number of aliphatic hydroxyl groups is 1. The molecular weight excluding hydrogens is 170 g/mol. The predicted octanol–water partition coefficient (Wildman–Crippen LogP) is -0.485. The fourth-order valence-electron chi connectivity index (χ4n) is 0.611. The first kappa shape index (κ1) is 11.3. The summed E-state index contributed by atoms with van der Waals surface area (Å²) >= 11 is 0. The monoisotopic (exact) mass is 185 g/mol. The third kappa shape index (κ3) is 5.54. The molecule has 0 atom stereocenters. The molecule has 0 unspecified atom stereocenters. The van der Waals surface area contributed by atoms with Crippen LogP contribution in [-0.2, 0) is 0 Å². The van der Waals surface area contributed by atoms with E-state index in [-0.39, 0.29) is 11.8 Å². The van der Waals surface area contributed by atoms with Gasteiger partial charge in [0.05, 0.1) is 0 Å². The Morgan fingerprint density at radius 1 is 1.54 bits per heavy atom. The number of hydrogen-bond donors (Lipinski definition) is 4. The van der Waals surface area contributed by atoms with Gasteiger partial charge in [0.2, 0.25) is 5.96 Å². The Balaban J connectivity index is 4.15. The van der Waals surface area contributed by atoms with Crippen LogP contribution in [0.1, 0.15) is 6.92 Å². The van der Waals surface area contributed by atoms with Crippen LogP contribution in [0.25, 0.3) is 0 Å². The average Bonchev–Trinajstić information content (AvgIpc) is 2.02. The summed E-state index contributed by atoms with van der Waals surface area (Å²) in [7, 11) is 1.54. The molecule has 0 aliphatic heterocycles. The van der Waals surface area contributed by atoms with Crippen LogP contribution in [-0.4, -0.2) is 30.6 Å². The molecule has 0 aromatic heterocycles. The highest BCUT2D eigenvalue weighted by Gasteiger charge is 1.98. The molecule has 0 aliphatic carbocycles. The second-order valence-corrected chi connectivity index (χ2v) is 2.13. The summed E-state index contributed by atoms with van der Waals surface area (Å²) < 4.78 is 0. The lowest BCUT2D eigenvalue weighted by molar-refractivity contribution is 0.390. The van der Waals surface area contributed by atoms with Gasteiger partial charge < -0.3 is 10.8 Å². The molecule has 13 heavy (non-hydrogen) atoms. The molecule has 0 spiro atoms. The van der Waals surface area contributed by atoms with Gasteiger partial charge in [-0.15, -0.1) is 0 Å². The molecule has 5 N–H and O–H groups in total. The van der Waals surface area contributed by atoms with Crippen molar-refractivity contribution in [3.05, 3.63) is 12.5 Å². The normalized spacial score (nSPS) is 12.5. The zero-order valence-electron chi connectivity index (χ0n) is 7.83. The molecule has 74 valence electrons. The van der Waals surface area contributed by atoms with Crippen molar-refractivity contribution in [1.82, 2.24) is 10.6 Å². The maximum Gasteiger partial charge on any atom is 0.204 e. The lowest BCUT2D eigenvalue weighted by Crippen LogP contribution is -2.44. The average molecular weight is 185 g/mol. The minimum Gasteiger partial charge on any atom is -0.495 e. The summed E-state index contributed by atoms with van der Waals surface area (Å²) in [6.07, 6.45) is 0. The lowest BCUT2D eigenvalue weighted by atomic mass is 10.7. The minimum atomic E-state index is -0.211. The van der Waals surface area contributed by atoms with Crippen molar-refractivity contribution < 1.29 is 5.11 Å². The summed E-state index contributed by atoms with van der Waals surface area (Å²) in [5, 5.41) is 13.9. The molecule has 6 nitrogen and oxygen atoms in total. The molecule has 0 saturated heterocycles. The molecule has 0 aromatic rings. The van der Waals surface area contributed by atoms with Gasteiger partial charge in [-0.3, -0.25) is 20.6 Å². The third-order valence-corrected chi connectivity index (χ3v) is 1.06. The Morgan fingerprint density at radius 2 is 2.15 bits per heavy atom. The van der Waals surface area contributed by atoms with Crippen molar-refractivity contribution in [3.8, 4) is 0 Å². The van der Waals surface area contributed by atoms with Crippen LogP contribution in [0.3, 0.4) is 0 Å². The van der Waals surface area contributed by atoms with E-state index < -0.39 is 0 Å². The van der Waals surface area contributed by atoms with E-state index in [4.69, 9.17) is 10.8 Å². The molecule has 0 aliphatic rings. The first-order valence-electron chi connectivity index (χ1n) is 3.78. The van der Waals surface area contributed by atoms with E-state index in [1.165, 1.54) is 7.05 Å². The molecular formula is C7H15N5O. The second-order valence-electron chi connectivity index (χ2n) is 2.13. The third-order valence-electron chi connectivity index (χ3n) is 1.06. The summed E-state index contributed by atoms with van der Waals surface area (Å²) in [5.41, 5.74) is 5.44. The number of rotatable bonds is 2. The fraction of sp³-hybridized carbons (Fsp3) is 0.429. The number of nitrogens with zero attached hydrogens (tertiary/aromatic N) is 2. The number of aliphatic hydroxyl groups excluding tert-OH is 1. The van der Waals surface area contributed by atoms with Crippen LogP contribution >= 0.6 is 0 Å². The number of hydrogen-bond acceptors (Lipinski definition) is 3. The van der Waals surface area contributed by atoms with Crippen LogP contribution in [0.15, 0.2) is 22.4 Å². The zero-order valence-corrected chi connectivity index (χ0v) is 7.83. The predicted molar refractivity (Wildman–Crippen MR) is 53.6 cm³/mol. The standard InChI is InChI=1S/C7H15N5O/c1-4-10-6(8)12-7(9-3)11-5(2)13/h13H,2,4H2,1,3H3,(H4,8,9,10,11,12). The van der Waals surface area contributed by atoms with Gasteiger partial charge in [0.25, 0.3) is 0 Å². The number of aliphatic imine (C=N–C) groups is 2. The molecule has 0 rings (SSSR count). The summed E-state index contributed by atoms with van der Waals surface area (Å²) in [4.78, 5) is 7.63. The lowest BCUT2D eigenvalue weighted by Gasteiger charge is -2.08. The minimum absolute atomic E-state index is 0.211. The van der Waals surface area contributed by atoms with Crippen LogP contribution in [0, 0.1) is 0 Å². The Kier molecular flexibility index (Phi) is 5.09. The largest absolute Gasteiger partial charge is 0.495 e. The van der Waals surface area contributed by atoms with Crippen molar-refractivity contribution in [2.45, 2.75) is 6.92 Å². The van der Waals surface area contributed by atoms with Gasteiger partial charge in [-0.25, -0.2) is 0 Å². The Labute approximate surface area is 77.3 Å². The quantitative estimate of drug-likeness (QED) is 0.265. The van der Waals surface area contributed by atoms with Gasteiger partial charge in [0, 0.05) is 13.6 Å². The van der Waals surface area contributed by atoms with E-state index in [2.05, 4.69) is 27.2 Å². The van der Waals surface area contributed by atoms with Gasteiger partial charge in [-0.2, -0.15) is 0 Å². The summed E-state index contributed by atoms with van der Waals surface area (Å²) in [6, 6.07) is 0. The highest BCUT2D eigenvalue weighted by Crippen LogP contribution is 1.75. The highest BCUT2D eigenvalue weighted by atomic mass is 16.3. The fourth-order valence-corrected chi connectivity index (χ4v) is 0.611. The van der Waals surface area contributed by atoms with E-state index in [1.807, 2.05) is 6.92 Å². The molecule has 0 heterocycles. The van der Waals surface area contributed by atoms with E-state index in [0.717, 1.165) is 0 Å². The Hall–Kier alpha value is -1.72. The van der Waals surface area contributed by atoms with Crippen molar-refractivity contribution in [2.24, 2.45) is 15.7 Å². The van der Waals surface area contributed by atoms with E-state index in [0.29, 0.717) is 12.5 Å². The number of nitrogens with two attached hydrogens (primary N) is 1. The van der Waals surface area contributed by atoms with Gasteiger partial charge in [0.15, 0.2) is 11.8 Å². The Bertz CT molecular complexity index is 233. The molecule has 0 radical (unpaired) electrons. The molecule has 0 saturated carbocycles. The number of guanidine groups is 2. The van der Waals surface area contributed by atoms with Crippen LogP contribution in [0.5, 0.6) is 0 Å². The molecule has 6 heteroatoms. The first-order valence-corrected chi connectivity index (χ1v) is 3.78. The van der Waals surface area contributed by atoms with Crippen LogP contribution in [0.2, 0.25) is 0 Å². The van der Waals surface area contributed by atoms with Crippen molar-refractivity contribution in [1.29, 1.82) is 0 Å². The van der Waals surface area contributed by atoms with Crippen LogP contribution < -0.4 is 16.4 Å². The summed E-state index contributed by atoms with van der Waals surface area (Å²) in [6.45, 7) is 5.68. The molecule has 0 bridgehead atoms. The summed E-state index contributed by atoms with van der Waals surface area (Å²) in [5.74, 6) is 0.316. The van der Waals surface area contributed by atoms with E-state index >= 15 is 0 Å². The first-order chi connectivity index (χ1) is 6.10. The highest BCUT2D eigenvalue weighted by molar-refractivity contribution is 5.98. The van der Waals surface area contributed by atoms with Crippen molar-refractivity contribution >= 4 is 11.9 Å². The van der Waals surface area contributed by atoms with E-state index in [9.17, 15) is 0 Å². The van der Waals surface area contributed by atoms with Gasteiger partial charge in [-0.05, 0) is 13.5 Å². The number of nitrogens with one attached hydrogen (secondary N) is 2. The maximum atomic E-state index is 8.79. The van der Waals surface area contributed by atoms with Crippen LogP contribution in [0.4, 0.5) is 0 Å². The van der Waals surface area contributed by atoms with Crippen molar-refractivity contribution in [3.63, 3.8) is 0 Å². The van der Waals surface area contributed by atoms with Gasteiger partial charge >= 0.3 is 0 Å². The van der Waals surface area contributed by atoms with Gasteiger partial charge in [0.1, 0.15) is 0 Å². The molecule has 0 aromatic carbocycles. The topological polar surface area (TPSA) is 95.0 Å². The smallest absolute Gasteiger partial charge is 0.204 e. The maximum absolute atomic E-state index is 8.79. The van der Waals surface area contributed by atoms with E-state index in [1.54, 1.807) is 0 Å². The van der Waals surface area contributed by atoms with Crippen molar-refractivity contribution in [2.75, 3.05) is 13.6 Å². The molecule has 0 amide bonds. The zero-order chi connectivity index (χ0) is 10.3. The Morgan fingerprint density at radius 3 is 2.54 bits per heavy atom. The SMILES string of the molecule is C=C(O)NC(=NC)NC(N)=NCC. The second kappa shape index (κ2) is 5.87.